The lowest BCUT2D eigenvalue weighted by Gasteiger charge is -2.18. The van der Waals surface area contributed by atoms with Gasteiger partial charge in [-0.05, 0) is 31.5 Å². The van der Waals surface area contributed by atoms with Crippen LogP contribution in [0, 0.1) is 17.2 Å². The fourth-order valence-corrected chi connectivity index (χ4v) is 1.98. The van der Waals surface area contributed by atoms with Crippen molar-refractivity contribution in [1.82, 2.24) is 5.32 Å². The smallest absolute Gasteiger partial charge is 0.368 e. The van der Waals surface area contributed by atoms with E-state index in [1.54, 1.807) is 6.07 Å². The highest BCUT2D eigenvalue weighted by Crippen LogP contribution is 2.36. The molecule has 11 heteroatoms. The van der Waals surface area contributed by atoms with Gasteiger partial charge in [-0.25, -0.2) is 0 Å². The second-order valence-electron chi connectivity index (χ2n) is 5.49. The number of hydrogen-bond donors (Lipinski definition) is 2. The third kappa shape index (κ3) is 5.65. The molecule has 0 spiro atoms. The topological polar surface area (TPSA) is 96.0 Å². The van der Waals surface area contributed by atoms with Crippen LogP contribution in [0.1, 0.15) is 34.8 Å². The van der Waals surface area contributed by atoms with Crippen molar-refractivity contribution in [3.05, 3.63) is 34.9 Å². The summed E-state index contributed by atoms with van der Waals surface area (Å²) in [7, 11) is 0. The molecule has 0 aliphatic carbocycles. The maximum absolute atomic E-state index is 12.8. The zero-order chi connectivity index (χ0) is 20.3. The van der Waals surface area contributed by atoms with E-state index in [-0.39, 0.29) is 24.6 Å². The number of alkyl halides is 6. The van der Waals surface area contributed by atoms with Crippen molar-refractivity contribution >= 4 is 11.8 Å². The zero-order valence-electron chi connectivity index (χ0n) is 13.2. The highest BCUT2D eigenvalue weighted by atomic mass is 19.4. The fraction of sp³-hybridized carbons (Fsp3) is 0.400. The number of nitriles is 1. The molecule has 1 rings (SSSR count). The largest absolute Gasteiger partial charge is 0.416 e. The summed E-state index contributed by atoms with van der Waals surface area (Å²) < 4.78 is 76.8. The van der Waals surface area contributed by atoms with Crippen molar-refractivity contribution in [3.63, 3.8) is 0 Å². The lowest BCUT2D eigenvalue weighted by atomic mass is 10.0. The number of rotatable bonds is 5. The molecule has 0 bridgehead atoms. The van der Waals surface area contributed by atoms with Gasteiger partial charge in [0.15, 0.2) is 0 Å². The quantitative estimate of drug-likeness (QED) is 0.768. The number of primary amides is 1. The van der Waals surface area contributed by atoms with Crippen LogP contribution in [-0.4, -0.2) is 17.9 Å². The van der Waals surface area contributed by atoms with E-state index in [2.05, 4.69) is 0 Å². The summed E-state index contributed by atoms with van der Waals surface area (Å²) >= 11 is 0. The number of carbonyl (C=O) groups is 2. The molecule has 0 aliphatic rings. The van der Waals surface area contributed by atoms with Gasteiger partial charge in [0, 0.05) is 11.5 Å². The molecule has 0 saturated carbocycles. The van der Waals surface area contributed by atoms with Crippen LogP contribution in [0.2, 0.25) is 0 Å². The monoisotopic (exact) mass is 381 g/mol. The molecule has 2 amide bonds. The van der Waals surface area contributed by atoms with Gasteiger partial charge < -0.3 is 11.1 Å². The Bertz CT molecular complexity index is 704. The van der Waals surface area contributed by atoms with Gasteiger partial charge in [0.2, 0.25) is 5.91 Å². The van der Waals surface area contributed by atoms with Gasteiger partial charge in [-0.1, -0.05) is 0 Å². The summed E-state index contributed by atoms with van der Waals surface area (Å²) in [5.74, 6) is -3.17. The van der Waals surface area contributed by atoms with Gasteiger partial charge in [-0.15, -0.1) is 0 Å². The third-order valence-electron chi connectivity index (χ3n) is 3.31. The van der Waals surface area contributed by atoms with Gasteiger partial charge in [0.05, 0.1) is 17.2 Å². The molecule has 0 saturated heterocycles. The molecule has 142 valence electrons. The minimum Gasteiger partial charge on any atom is -0.368 e. The van der Waals surface area contributed by atoms with Crippen LogP contribution in [0.4, 0.5) is 26.3 Å². The lowest BCUT2D eigenvalue weighted by Crippen LogP contribution is -2.45. The van der Waals surface area contributed by atoms with E-state index in [4.69, 9.17) is 11.0 Å². The number of nitrogens with one attached hydrogen (secondary N) is 1. The van der Waals surface area contributed by atoms with Crippen molar-refractivity contribution < 1.29 is 35.9 Å². The average Bonchev–Trinajstić information content (AvgIpc) is 2.51. The Hall–Kier alpha value is -2.77. The zero-order valence-corrected chi connectivity index (χ0v) is 13.2. The number of hydrogen-bond acceptors (Lipinski definition) is 3. The first-order chi connectivity index (χ1) is 11.8. The highest BCUT2D eigenvalue weighted by molar-refractivity contribution is 5.97. The first kappa shape index (κ1) is 21.3. The summed E-state index contributed by atoms with van der Waals surface area (Å²) in [6.07, 6.45) is -10.5. The number of benzene rings is 1. The summed E-state index contributed by atoms with van der Waals surface area (Å²) in [5.41, 5.74) is 0.764. The van der Waals surface area contributed by atoms with Crippen LogP contribution < -0.4 is 11.1 Å². The normalized spacial score (nSPS) is 14.2. The van der Waals surface area contributed by atoms with E-state index < -0.39 is 52.8 Å². The van der Waals surface area contributed by atoms with Gasteiger partial charge >= 0.3 is 12.4 Å². The molecule has 0 aliphatic heterocycles. The fourth-order valence-electron chi connectivity index (χ4n) is 1.98. The maximum Gasteiger partial charge on any atom is 0.416 e. The summed E-state index contributed by atoms with van der Waals surface area (Å²) in [6.45, 7) is 1.40. The van der Waals surface area contributed by atoms with Crippen LogP contribution >= 0.6 is 0 Å². The van der Waals surface area contributed by atoms with E-state index >= 15 is 0 Å². The van der Waals surface area contributed by atoms with Crippen LogP contribution in [0.15, 0.2) is 18.2 Å². The number of carbonyl (C=O) groups excluding carboxylic acids is 2. The van der Waals surface area contributed by atoms with Crippen LogP contribution in [0.3, 0.4) is 0 Å². The molecular formula is C15H13F6N3O2. The molecule has 3 N–H and O–H groups in total. The Morgan fingerprint density at radius 2 is 1.58 bits per heavy atom. The Balaban J connectivity index is 3.26. The van der Waals surface area contributed by atoms with E-state index in [1.807, 2.05) is 5.32 Å². The van der Waals surface area contributed by atoms with Crippen molar-refractivity contribution in [2.45, 2.75) is 31.7 Å². The molecule has 0 heterocycles. The molecule has 5 nitrogen and oxygen atoms in total. The number of halogens is 6. The van der Waals surface area contributed by atoms with Gasteiger partial charge in [0.1, 0.15) is 6.04 Å². The van der Waals surface area contributed by atoms with Crippen molar-refractivity contribution in [2.75, 3.05) is 0 Å². The molecule has 2 atom stereocenters. The van der Waals surface area contributed by atoms with Crippen molar-refractivity contribution in [3.8, 4) is 6.07 Å². The SMILES string of the molecule is C[C@@H](C#N)C[C@H](NC(=O)c1cc(C(F)(F)F)cc(C(F)(F)F)c1)C(N)=O. The molecule has 1 aromatic rings. The molecule has 1 aromatic carbocycles. The molecule has 0 radical (unpaired) electrons. The Morgan fingerprint density at radius 3 is 1.92 bits per heavy atom. The Kier molecular flexibility index (Phi) is 6.25. The van der Waals surface area contributed by atoms with Gasteiger partial charge in [-0.3, -0.25) is 9.59 Å². The predicted octanol–water partition coefficient (Wildman–Crippen LogP) is 2.86. The lowest BCUT2D eigenvalue weighted by molar-refractivity contribution is -0.143. The van der Waals surface area contributed by atoms with Crippen molar-refractivity contribution in [1.29, 1.82) is 5.26 Å². The summed E-state index contributed by atoms with van der Waals surface area (Å²) in [4.78, 5) is 23.4. The first-order valence-electron chi connectivity index (χ1n) is 7.05. The minimum absolute atomic E-state index is 0.125. The minimum atomic E-state index is -5.12. The standard InChI is InChI=1S/C15H13F6N3O2/c1-7(6-22)2-11(12(23)25)24-13(26)8-3-9(14(16,17)18)5-10(4-8)15(19,20)21/h3-5,7,11H,2H2,1H3,(H2,23,25)(H,24,26)/t7-,11+/m1/s1. The predicted molar refractivity (Wildman–Crippen MR) is 76.3 cm³/mol. The number of nitrogens with zero attached hydrogens (tertiary/aromatic N) is 1. The van der Waals surface area contributed by atoms with Gasteiger partial charge in [0.25, 0.3) is 5.91 Å². The van der Waals surface area contributed by atoms with Crippen molar-refractivity contribution in [2.24, 2.45) is 11.7 Å². The first-order valence-corrected chi connectivity index (χ1v) is 7.05. The molecule has 0 fully saturated rings. The molecule has 26 heavy (non-hydrogen) atoms. The van der Waals surface area contributed by atoms with E-state index in [9.17, 15) is 35.9 Å². The third-order valence-corrected chi connectivity index (χ3v) is 3.31. The second-order valence-corrected chi connectivity index (χ2v) is 5.49. The van der Waals surface area contributed by atoms with E-state index in [0.29, 0.717) is 0 Å². The Morgan fingerprint density at radius 1 is 1.12 bits per heavy atom. The van der Waals surface area contributed by atoms with Crippen LogP contribution in [-0.2, 0) is 17.1 Å². The number of nitrogens with two attached hydrogens (primary N) is 1. The van der Waals surface area contributed by atoms with Gasteiger partial charge in [-0.2, -0.15) is 31.6 Å². The average molecular weight is 381 g/mol. The molecular weight excluding hydrogens is 368 g/mol. The number of amides is 2. The maximum atomic E-state index is 12.8. The summed E-state index contributed by atoms with van der Waals surface area (Å²) in [5, 5.41) is 10.7. The van der Waals surface area contributed by atoms with Crippen LogP contribution in [0.5, 0.6) is 0 Å². The molecule has 0 unspecified atom stereocenters. The second kappa shape index (κ2) is 7.63. The highest BCUT2D eigenvalue weighted by Gasteiger charge is 2.37. The Labute approximate surface area is 143 Å². The summed E-state index contributed by atoms with van der Waals surface area (Å²) in [6, 6.07) is 0.675. The van der Waals surface area contributed by atoms with E-state index in [0.717, 1.165) is 0 Å². The van der Waals surface area contributed by atoms with E-state index in [1.165, 1.54) is 6.92 Å². The van der Waals surface area contributed by atoms with Crippen LogP contribution in [0.25, 0.3) is 0 Å². The molecule has 0 aromatic heterocycles.